The highest BCUT2D eigenvalue weighted by molar-refractivity contribution is 5.85. The van der Waals surface area contributed by atoms with Crippen molar-refractivity contribution in [3.05, 3.63) is 129 Å². The largest absolute Gasteiger partial charge is 0.494 e. The van der Waals surface area contributed by atoms with Crippen LogP contribution in [0.1, 0.15) is 170 Å². The van der Waals surface area contributed by atoms with Crippen LogP contribution in [0.5, 0.6) is 11.5 Å². The van der Waals surface area contributed by atoms with E-state index in [-0.39, 0.29) is 5.69 Å². The number of benzene rings is 4. The molecule has 0 aliphatic heterocycles. The average Bonchev–Trinajstić information content (AvgIpc) is 3.27. The molecule has 0 saturated carbocycles. The summed E-state index contributed by atoms with van der Waals surface area (Å²) in [7, 11) is 0. The first-order valence-electron chi connectivity index (χ1n) is 23.0. The minimum atomic E-state index is -0.411. The lowest BCUT2D eigenvalue weighted by molar-refractivity contribution is -0.384. The molecule has 7 heteroatoms. The van der Waals surface area contributed by atoms with Gasteiger partial charge >= 0.3 is 0 Å². The lowest BCUT2D eigenvalue weighted by atomic mass is 10.0. The van der Waals surface area contributed by atoms with Gasteiger partial charge in [-0.2, -0.15) is 5.10 Å². The Balaban J connectivity index is 1.29. The van der Waals surface area contributed by atoms with Crippen molar-refractivity contribution in [3.8, 4) is 11.5 Å². The molecule has 60 heavy (non-hydrogen) atoms. The second kappa shape index (κ2) is 29.9. The van der Waals surface area contributed by atoms with Crippen molar-refractivity contribution in [1.82, 2.24) is 0 Å². The van der Waals surface area contributed by atoms with Gasteiger partial charge in [-0.05, 0) is 95.3 Å². The van der Waals surface area contributed by atoms with Crippen LogP contribution >= 0.6 is 0 Å². The first-order valence-corrected chi connectivity index (χ1v) is 23.0. The van der Waals surface area contributed by atoms with E-state index in [0.717, 1.165) is 65.4 Å². The summed E-state index contributed by atoms with van der Waals surface area (Å²) in [6, 6.07) is 29.1. The molecule has 0 fully saturated rings. The van der Waals surface area contributed by atoms with E-state index in [1.54, 1.807) is 18.3 Å². The SMILES string of the molecule is CCCCCCCCCCCCOc1ccc(/C=C/c2cc(/C=C/c3ccc(OCCCCCCCCCCCC)cc3)cc(/C=N/Nc3ccc([N+](=O)[O-])cc3)c2)cc1. The van der Waals surface area contributed by atoms with Crippen LogP contribution in [0.2, 0.25) is 0 Å². The predicted molar refractivity (Wildman–Crippen MR) is 256 cm³/mol. The van der Waals surface area contributed by atoms with Gasteiger partial charge in [-0.3, -0.25) is 15.5 Å². The Morgan fingerprint density at radius 1 is 0.483 bits per heavy atom. The molecule has 0 bridgehead atoms. The van der Waals surface area contributed by atoms with Crippen molar-refractivity contribution in [2.24, 2.45) is 5.10 Å². The summed E-state index contributed by atoms with van der Waals surface area (Å²) in [5.74, 6) is 1.81. The van der Waals surface area contributed by atoms with E-state index in [4.69, 9.17) is 9.47 Å². The zero-order chi connectivity index (χ0) is 42.3. The maximum Gasteiger partial charge on any atom is 0.269 e. The summed E-state index contributed by atoms with van der Waals surface area (Å²) in [6.07, 6.45) is 36.5. The van der Waals surface area contributed by atoms with Gasteiger partial charge in [0.05, 0.1) is 30.0 Å². The average molecular weight is 814 g/mol. The van der Waals surface area contributed by atoms with Gasteiger partial charge < -0.3 is 9.47 Å². The molecule has 0 aliphatic rings. The maximum atomic E-state index is 11.0. The molecule has 0 atom stereocenters. The second-order valence-electron chi connectivity index (χ2n) is 16.0. The highest BCUT2D eigenvalue weighted by Gasteiger charge is 2.04. The van der Waals surface area contributed by atoms with Crippen molar-refractivity contribution in [2.75, 3.05) is 18.6 Å². The molecular formula is C53H71N3O4. The predicted octanol–water partition coefficient (Wildman–Crippen LogP) is 16.0. The fraction of sp³-hybridized carbons (Fsp3) is 0.453. The standard InChI is InChI=1S/C53H71N3O4/c1-3-5-7-9-11-13-15-17-19-21-39-59-52-35-27-45(28-36-52)23-25-47-41-48(43-49(42-47)44-54-55-50-31-33-51(34-32-50)56(57)58)26-24-46-29-37-53(38-30-46)60-40-22-20-18-16-14-12-10-8-6-4-2/h23-38,41-44,55H,3-22,39-40H2,1-2H3/b25-23+,26-24+,54-44+. The lowest BCUT2D eigenvalue weighted by Gasteiger charge is -2.07. The Morgan fingerprint density at radius 2 is 0.850 bits per heavy atom. The van der Waals surface area contributed by atoms with Gasteiger partial charge in [0.25, 0.3) is 5.69 Å². The third-order valence-electron chi connectivity index (χ3n) is 10.7. The smallest absolute Gasteiger partial charge is 0.269 e. The van der Waals surface area contributed by atoms with Crippen LogP contribution in [0.15, 0.2) is 96.1 Å². The van der Waals surface area contributed by atoms with Gasteiger partial charge in [0, 0.05) is 12.1 Å². The molecule has 4 aromatic rings. The number of ether oxygens (including phenoxy) is 2. The molecule has 0 amide bonds. The second-order valence-corrected chi connectivity index (χ2v) is 16.0. The van der Waals surface area contributed by atoms with Gasteiger partial charge in [0.2, 0.25) is 0 Å². The number of hydrazone groups is 1. The number of anilines is 1. The molecule has 1 N–H and O–H groups in total. The van der Waals surface area contributed by atoms with E-state index >= 15 is 0 Å². The first kappa shape index (κ1) is 47.5. The summed E-state index contributed by atoms with van der Waals surface area (Å²) in [4.78, 5) is 10.6. The minimum absolute atomic E-state index is 0.0402. The summed E-state index contributed by atoms with van der Waals surface area (Å²) in [5.41, 5.74) is 8.85. The minimum Gasteiger partial charge on any atom is -0.494 e. The van der Waals surface area contributed by atoms with E-state index in [9.17, 15) is 10.1 Å². The molecule has 0 heterocycles. The van der Waals surface area contributed by atoms with Crippen LogP contribution in [0.4, 0.5) is 11.4 Å². The molecule has 7 nitrogen and oxygen atoms in total. The normalized spacial score (nSPS) is 11.6. The summed E-state index contributed by atoms with van der Waals surface area (Å²) < 4.78 is 12.1. The zero-order valence-electron chi connectivity index (χ0n) is 36.6. The fourth-order valence-corrected chi connectivity index (χ4v) is 7.10. The monoisotopic (exact) mass is 814 g/mol. The van der Waals surface area contributed by atoms with Gasteiger partial charge in [0.15, 0.2) is 0 Å². The molecule has 322 valence electrons. The van der Waals surface area contributed by atoms with Gasteiger partial charge in [0.1, 0.15) is 11.5 Å². The van der Waals surface area contributed by atoms with Crippen molar-refractivity contribution < 1.29 is 14.4 Å². The number of unbranched alkanes of at least 4 members (excludes halogenated alkanes) is 18. The van der Waals surface area contributed by atoms with E-state index in [2.05, 4.69) is 91.1 Å². The Hall–Kier alpha value is -5.17. The van der Waals surface area contributed by atoms with Crippen LogP contribution in [0, 0.1) is 10.1 Å². The van der Waals surface area contributed by atoms with E-state index in [0.29, 0.717) is 5.69 Å². The van der Waals surface area contributed by atoms with Gasteiger partial charge in [-0.15, -0.1) is 0 Å². The van der Waals surface area contributed by atoms with Gasteiger partial charge in [-0.1, -0.05) is 178 Å². The number of nitrogens with zero attached hydrogens (tertiary/aromatic N) is 2. The fourth-order valence-electron chi connectivity index (χ4n) is 7.10. The summed E-state index contributed by atoms with van der Waals surface area (Å²) in [5, 5.41) is 15.5. The Bertz CT molecular complexity index is 1730. The number of nitro benzene ring substituents is 1. The molecule has 0 unspecified atom stereocenters. The zero-order valence-corrected chi connectivity index (χ0v) is 36.6. The van der Waals surface area contributed by atoms with Crippen LogP contribution < -0.4 is 14.9 Å². The molecule has 0 spiro atoms. The Morgan fingerprint density at radius 3 is 1.25 bits per heavy atom. The van der Waals surface area contributed by atoms with Crippen LogP contribution in [0.25, 0.3) is 24.3 Å². The molecule has 0 radical (unpaired) electrons. The highest BCUT2D eigenvalue weighted by Crippen LogP contribution is 2.21. The number of rotatable bonds is 32. The quantitative estimate of drug-likeness (QED) is 0.0174. The Labute approximate surface area is 361 Å². The van der Waals surface area contributed by atoms with Crippen molar-refractivity contribution >= 4 is 41.9 Å². The third kappa shape index (κ3) is 20.7. The number of non-ortho nitro benzene ring substituents is 1. The topological polar surface area (TPSA) is 86.0 Å². The van der Waals surface area contributed by atoms with E-state index < -0.39 is 4.92 Å². The summed E-state index contributed by atoms with van der Waals surface area (Å²) in [6.45, 7) is 6.05. The van der Waals surface area contributed by atoms with Gasteiger partial charge in [-0.25, -0.2) is 0 Å². The molecule has 0 aromatic heterocycles. The first-order chi connectivity index (χ1) is 29.5. The molecule has 0 saturated heterocycles. The number of hydrogen-bond donors (Lipinski definition) is 1. The van der Waals surface area contributed by atoms with E-state index in [1.807, 2.05) is 24.3 Å². The Kier molecular flexibility index (Phi) is 23.7. The number of hydrogen-bond acceptors (Lipinski definition) is 6. The molecule has 0 aliphatic carbocycles. The van der Waals surface area contributed by atoms with Crippen LogP contribution in [0.3, 0.4) is 0 Å². The number of nitrogens with one attached hydrogen (secondary N) is 1. The van der Waals surface area contributed by atoms with Crippen LogP contribution in [-0.4, -0.2) is 24.4 Å². The number of nitro groups is 1. The molecular weight excluding hydrogens is 743 g/mol. The van der Waals surface area contributed by atoms with Crippen molar-refractivity contribution in [2.45, 2.75) is 142 Å². The molecule has 4 aromatic carbocycles. The maximum absolute atomic E-state index is 11.0. The molecule has 4 rings (SSSR count). The van der Waals surface area contributed by atoms with Crippen molar-refractivity contribution in [3.63, 3.8) is 0 Å². The highest BCUT2D eigenvalue weighted by atomic mass is 16.6. The summed E-state index contributed by atoms with van der Waals surface area (Å²) >= 11 is 0. The third-order valence-corrected chi connectivity index (χ3v) is 10.7. The van der Waals surface area contributed by atoms with Crippen LogP contribution in [-0.2, 0) is 0 Å². The van der Waals surface area contributed by atoms with Crippen molar-refractivity contribution in [1.29, 1.82) is 0 Å². The lowest BCUT2D eigenvalue weighted by Crippen LogP contribution is -1.97. The van der Waals surface area contributed by atoms with E-state index in [1.165, 1.54) is 128 Å².